The number of carbonyl (C=O) groups excluding carboxylic acids is 2. The third kappa shape index (κ3) is 4.33. The number of rotatable bonds is 6. The molecule has 0 atom stereocenters. The standard InChI is InChI=1S/C16H23N3O4/c1-22-16(21)15-12(4-9-23-15)10-18-5-7-19(8-6-18)11-14(20)17-13-2-3-13/h4,9,13H,2-3,5-8,10-11H2,1H3,(H,17,20). The van der Waals surface area contributed by atoms with E-state index in [1.54, 1.807) is 0 Å². The Labute approximate surface area is 135 Å². The van der Waals surface area contributed by atoms with E-state index in [4.69, 9.17) is 9.15 Å². The largest absolute Gasteiger partial charge is 0.463 e. The Balaban J connectivity index is 1.44. The van der Waals surface area contributed by atoms with Gasteiger partial charge in [-0.3, -0.25) is 14.6 Å². The van der Waals surface area contributed by atoms with Crippen LogP contribution in [0.2, 0.25) is 0 Å². The first kappa shape index (κ1) is 16.0. The zero-order valence-corrected chi connectivity index (χ0v) is 13.4. The molecule has 2 heterocycles. The molecule has 0 unspecified atom stereocenters. The van der Waals surface area contributed by atoms with E-state index in [9.17, 15) is 9.59 Å². The van der Waals surface area contributed by atoms with Crippen LogP contribution in [0.15, 0.2) is 16.7 Å². The van der Waals surface area contributed by atoms with Crippen molar-refractivity contribution in [2.24, 2.45) is 0 Å². The molecule has 1 aromatic heterocycles. The maximum Gasteiger partial charge on any atom is 0.374 e. The Hall–Kier alpha value is -1.86. The van der Waals surface area contributed by atoms with Gasteiger partial charge in [-0.25, -0.2) is 4.79 Å². The van der Waals surface area contributed by atoms with Crippen LogP contribution >= 0.6 is 0 Å². The Morgan fingerprint density at radius 1 is 1.26 bits per heavy atom. The summed E-state index contributed by atoms with van der Waals surface area (Å²) in [6, 6.07) is 2.23. The van der Waals surface area contributed by atoms with Crippen molar-refractivity contribution >= 4 is 11.9 Å². The summed E-state index contributed by atoms with van der Waals surface area (Å²) in [5.74, 6) is -0.0390. The van der Waals surface area contributed by atoms with Gasteiger partial charge in [0.15, 0.2) is 0 Å². The van der Waals surface area contributed by atoms with Crippen LogP contribution in [0.4, 0.5) is 0 Å². The highest BCUT2D eigenvalue weighted by Crippen LogP contribution is 2.18. The number of hydrogen-bond acceptors (Lipinski definition) is 6. The van der Waals surface area contributed by atoms with Crippen LogP contribution in [0.1, 0.15) is 29.0 Å². The lowest BCUT2D eigenvalue weighted by molar-refractivity contribution is -0.122. The summed E-state index contributed by atoms with van der Waals surface area (Å²) < 4.78 is 9.93. The SMILES string of the molecule is COC(=O)c1occc1CN1CCN(CC(=O)NC2CC2)CC1. The number of ether oxygens (including phenoxy) is 1. The van der Waals surface area contributed by atoms with Crippen molar-refractivity contribution in [3.05, 3.63) is 23.7 Å². The molecule has 23 heavy (non-hydrogen) atoms. The van der Waals surface area contributed by atoms with Gasteiger partial charge < -0.3 is 14.5 Å². The number of furan rings is 1. The van der Waals surface area contributed by atoms with Gasteiger partial charge in [-0.2, -0.15) is 0 Å². The molecule has 1 amide bonds. The molecule has 0 radical (unpaired) electrons. The Morgan fingerprint density at radius 2 is 1.96 bits per heavy atom. The summed E-state index contributed by atoms with van der Waals surface area (Å²) in [6.07, 6.45) is 3.75. The van der Waals surface area contributed by atoms with Crippen LogP contribution in [0.3, 0.4) is 0 Å². The average Bonchev–Trinajstić information content (AvgIpc) is 3.24. The van der Waals surface area contributed by atoms with Crippen LogP contribution in [0.5, 0.6) is 0 Å². The summed E-state index contributed by atoms with van der Waals surface area (Å²) >= 11 is 0. The first-order chi connectivity index (χ1) is 11.2. The van der Waals surface area contributed by atoms with Crippen molar-refractivity contribution in [1.82, 2.24) is 15.1 Å². The lowest BCUT2D eigenvalue weighted by atomic mass is 10.2. The van der Waals surface area contributed by atoms with Gasteiger partial charge in [0.1, 0.15) is 0 Å². The number of methoxy groups -OCH3 is 1. The van der Waals surface area contributed by atoms with Gasteiger partial charge in [0.2, 0.25) is 11.7 Å². The summed E-state index contributed by atoms with van der Waals surface area (Å²) in [5, 5.41) is 3.02. The van der Waals surface area contributed by atoms with E-state index in [1.165, 1.54) is 13.4 Å². The molecular formula is C16H23N3O4. The summed E-state index contributed by atoms with van der Waals surface area (Å²) in [4.78, 5) is 27.9. The van der Waals surface area contributed by atoms with Gasteiger partial charge in [0, 0.05) is 44.3 Å². The quantitative estimate of drug-likeness (QED) is 0.768. The van der Waals surface area contributed by atoms with Gasteiger partial charge in [-0.15, -0.1) is 0 Å². The van der Waals surface area contributed by atoms with Gasteiger partial charge in [-0.1, -0.05) is 0 Å². The molecule has 0 bridgehead atoms. The fourth-order valence-electron chi connectivity index (χ4n) is 2.78. The summed E-state index contributed by atoms with van der Waals surface area (Å²) in [7, 11) is 1.35. The molecule has 1 N–H and O–H groups in total. The van der Waals surface area contributed by atoms with Crippen molar-refractivity contribution in [2.45, 2.75) is 25.4 Å². The second kappa shape index (κ2) is 7.14. The number of nitrogens with zero attached hydrogens (tertiary/aromatic N) is 2. The summed E-state index contributed by atoms with van der Waals surface area (Å²) in [6.45, 7) is 4.56. The van der Waals surface area contributed by atoms with E-state index in [1.807, 2.05) is 6.07 Å². The van der Waals surface area contributed by atoms with Gasteiger partial charge in [-0.05, 0) is 18.9 Å². The molecule has 7 nitrogen and oxygen atoms in total. The van der Waals surface area contributed by atoms with Crippen LogP contribution in [-0.2, 0) is 16.1 Å². The second-order valence-electron chi connectivity index (χ2n) is 6.16. The van der Waals surface area contributed by atoms with E-state index in [0.717, 1.165) is 44.6 Å². The third-order valence-corrected chi connectivity index (χ3v) is 4.29. The molecule has 2 aliphatic rings. The molecule has 0 aromatic carbocycles. The molecule has 1 aliphatic heterocycles. The van der Waals surface area contributed by atoms with Gasteiger partial charge in [0.05, 0.1) is 19.9 Å². The molecular weight excluding hydrogens is 298 g/mol. The minimum Gasteiger partial charge on any atom is -0.463 e. The predicted molar refractivity (Wildman–Crippen MR) is 82.9 cm³/mol. The highest BCUT2D eigenvalue weighted by Gasteiger charge is 2.26. The van der Waals surface area contributed by atoms with Crippen molar-refractivity contribution in [3.63, 3.8) is 0 Å². The van der Waals surface area contributed by atoms with Crippen molar-refractivity contribution in [3.8, 4) is 0 Å². The normalized spacial score (nSPS) is 19.5. The zero-order valence-electron chi connectivity index (χ0n) is 13.4. The molecule has 1 aliphatic carbocycles. The molecule has 126 valence electrons. The van der Waals surface area contributed by atoms with Crippen LogP contribution < -0.4 is 5.32 Å². The lowest BCUT2D eigenvalue weighted by Gasteiger charge is -2.34. The topological polar surface area (TPSA) is 75.0 Å². The van der Waals surface area contributed by atoms with E-state index in [0.29, 0.717) is 19.1 Å². The number of amides is 1. The van der Waals surface area contributed by atoms with E-state index in [2.05, 4.69) is 15.1 Å². The highest BCUT2D eigenvalue weighted by atomic mass is 16.5. The number of esters is 1. The Morgan fingerprint density at radius 3 is 2.61 bits per heavy atom. The smallest absolute Gasteiger partial charge is 0.374 e. The fraction of sp³-hybridized carbons (Fsp3) is 0.625. The predicted octanol–water partition coefficient (Wildman–Crippen LogP) is 0.462. The molecule has 1 saturated heterocycles. The molecule has 1 saturated carbocycles. The monoisotopic (exact) mass is 321 g/mol. The number of carbonyl (C=O) groups is 2. The van der Waals surface area contributed by atoms with Crippen LogP contribution in [-0.4, -0.2) is 67.6 Å². The van der Waals surface area contributed by atoms with Crippen LogP contribution in [0.25, 0.3) is 0 Å². The first-order valence-corrected chi connectivity index (χ1v) is 8.04. The molecule has 7 heteroatoms. The Kier molecular flexibility index (Phi) is 4.97. The lowest BCUT2D eigenvalue weighted by Crippen LogP contribution is -2.49. The number of nitrogens with one attached hydrogen (secondary N) is 1. The van der Waals surface area contributed by atoms with Crippen molar-refractivity contribution < 1.29 is 18.7 Å². The maximum atomic E-state index is 11.8. The van der Waals surface area contributed by atoms with Crippen molar-refractivity contribution in [2.75, 3.05) is 39.8 Å². The molecule has 1 aromatic rings. The van der Waals surface area contributed by atoms with E-state index >= 15 is 0 Å². The van der Waals surface area contributed by atoms with Gasteiger partial charge >= 0.3 is 5.97 Å². The molecule has 2 fully saturated rings. The number of hydrogen-bond donors (Lipinski definition) is 1. The molecule has 3 rings (SSSR count). The van der Waals surface area contributed by atoms with Crippen molar-refractivity contribution in [1.29, 1.82) is 0 Å². The fourth-order valence-corrected chi connectivity index (χ4v) is 2.78. The first-order valence-electron chi connectivity index (χ1n) is 8.04. The average molecular weight is 321 g/mol. The second-order valence-corrected chi connectivity index (χ2v) is 6.16. The highest BCUT2D eigenvalue weighted by molar-refractivity contribution is 5.87. The zero-order chi connectivity index (χ0) is 16.2. The molecule has 0 spiro atoms. The van der Waals surface area contributed by atoms with E-state index in [-0.39, 0.29) is 11.7 Å². The Bertz CT molecular complexity index is 559. The summed E-state index contributed by atoms with van der Waals surface area (Å²) in [5.41, 5.74) is 0.844. The number of piperazine rings is 1. The minimum absolute atomic E-state index is 0.128. The van der Waals surface area contributed by atoms with E-state index < -0.39 is 5.97 Å². The third-order valence-electron chi connectivity index (χ3n) is 4.29. The van der Waals surface area contributed by atoms with Gasteiger partial charge in [0.25, 0.3) is 0 Å². The minimum atomic E-state index is -0.444. The van der Waals surface area contributed by atoms with Crippen LogP contribution in [0, 0.1) is 0 Å². The maximum absolute atomic E-state index is 11.8.